The standard InChI is InChI=1S/C19H14BrClF4N4O2/c20-10-7-26-28(8-10)9-16(19(23,24)25)31-18(30)17-12-2-1-3-15(12)29(27-17)11-4-5-13(21)14(22)6-11/h4-8,16H,1-3,9H2. The molecule has 0 aliphatic heterocycles. The number of hydrogen-bond donors (Lipinski definition) is 0. The van der Waals surface area contributed by atoms with E-state index in [9.17, 15) is 22.4 Å². The minimum Gasteiger partial charge on any atom is -0.446 e. The molecule has 6 nitrogen and oxygen atoms in total. The highest BCUT2D eigenvalue weighted by atomic mass is 79.9. The molecule has 0 radical (unpaired) electrons. The Kier molecular flexibility index (Phi) is 5.82. The van der Waals surface area contributed by atoms with Crippen molar-refractivity contribution >= 4 is 33.5 Å². The second-order valence-corrected chi connectivity index (χ2v) is 8.28. The molecule has 1 aliphatic carbocycles. The van der Waals surface area contributed by atoms with Gasteiger partial charge in [-0.3, -0.25) is 4.68 Å². The van der Waals surface area contributed by atoms with E-state index in [1.165, 1.54) is 29.2 Å². The van der Waals surface area contributed by atoms with Gasteiger partial charge < -0.3 is 4.74 Å². The molecule has 0 N–H and O–H groups in total. The molecule has 1 aliphatic rings. The summed E-state index contributed by atoms with van der Waals surface area (Å²) >= 11 is 8.82. The van der Waals surface area contributed by atoms with Gasteiger partial charge in [0.25, 0.3) is 0 Å². The van der Waals surface area contributed by atoms with Crippen molar-refractivity contribution < 1.29 is 27.1 Å². The molecule has 12 heteroatoms. The topological polar surface area (TPSA) is 61.9 Å². The van der Waals surface area contributed by atoms with Gasteiger partial charge in [0.2, 0.25) is 6.10 Å². The third-order valence-corrected chi connectivity index (χ3v) is 5.56. The number of carbonyl (C=O) groups is 1. The molecule has 3 aromatic rings. The van der Waals surface area contributed by atoms with Crippen LogP contribution in [0.15, 0.2) is 35.1 Å². The number of rotatable bonds is 5. The number of alkyl halides is 3. The van der Waals surface area contributed by atoms with E-state index in [0.717, 1.165) is 10.7 Å². The zero-order valence-corrected chi connectivity index (χ0v) is 18.0. The average Bonchev–Trinajstić information content (AvgIpc) is 3.39. The van der Waals surface area contributed by atoms with Crippen molar-refractivity contribution in [3.05, 3.63) is 62.9 Å². The molecule has 1 aromatic carbocycles. The number of ether oxygens (including phenoxy) is 1. The summed E-state index contributed by atoms with van der Waals surface area (Å²) in [6.45, 7) is -0.702. The van der Waals surface area contributed by atoms with Crippen molar-refractivity contribution in [3.63, 3.8) is 0 Å². The van der Waals surface area contributed by atoms with Gasteiger partial charge in [-0.25, -0.2) is 13.9 Å². The number of hydrogen-bond acceptors (Lipinski definition) is 4. The van der Waals surface area contributed by atoms with E-state index < -0.39 is 30.6 Å². The van der Waals surface area contributed by atoms with Crippen molar-refractivity contribution in [2.75, 3.05) is 0 Å². The lowest BCUT2D eigenvalue weighted by molar-refractivity contribution is -0.208. The minimum absolute atomic E-state index is 0.0783. The maximum Gasteiger partial charge on any atom is 0.427 e. The molecule has 2 aromatic heterocycles. The SMILES string of the molecule is O=C(OC(Cn1cc(Br)cn1)C(F)(F)F)c1nn(-c2ccc(Cl)c(F)c2)c2c1CCC2. The Morgan fingerprint density at radius 2 is 2.10 bits per heavy atom. The van der Waals surface area contributed by atoms with Gasteiger partial charge in [-0.05, 0) is 47.3 Å². The monoisotopic (exact) mass is 520 g/mol. The van der Waals surface area contributed by atoms with Crippen LogP contribution in [0.1, 0.15) is 28.2 Å². The Morgan fingerprint density at radius 3 is 2.74 bits per heavy atom. The van der Waals surface area contributed by atoms with Crippen LogP contribution < -0.4 is 0 Å². The highest BCUT2D eigenvalue weighted by Gasteiger charge is 2.44. The fourth-order valence-electron chi connectivity index (χ4n) is 3.43. The van der Waals surface area contributed by atoms with Gasteiger partial charge in [0.1, 0.15) is 5.82 Å². The lowest BCUT2D eigenvalue weighted by Gasteiger charge is -2.20. The van der Waals surface area contributed by atoms with Gasteiger partial charge in [-0.1, -0.05) is 11.6 Å². The quantitative estimate of drug-likeness (QED) is 0.354. The van der Waals surface area contributed by atoms with E-state index in [4.69, 9.17) is 16.3 Å². The summed E-state index contributed by atoms with van der Waals surface area (Å²) in [6.07, 6.45) is -2.86. The van der Waals surface area contributed by atoms with Crippen LogP contribution in [0.3, 0.4) is 0 Å². The molecule has 0 saturated heterocycles. The van der Waals surface area contributed by atoms with E-state index in [-0.39, 0.29) is 10.7 Å². The number of benzene rings is 1. The molecule has 1 unspecified atom stereocenters. The Labute approximate surface area is 186 Å². The molecule has 0 spiro atoms. The number of halogens is 6. The zero-order chi connectivity index (χ0) is 22.3. The number of esters is 1. The highest BCUT2D eigenvalue weighted by molar-refractivity contribution is 9.10. The maximum absolute atomic E-state index is 13.9. The molecule has 164 valence electrons. The van der Waals surface area contributed by atoms with Crippen LogP contribution >= 0.6 is 27.5 Å². The highest BCUT2D eigenvalue weighted by Crippen LogP contribution is 2.31. The summed E-state index contributed by atoms with van der Waals surface area (Å²) in [7, 11) is 0. The molecule has 4 rings (SSSR count). The van der Waals surface area contributed by atoms with E-state index in [2.05, 4.69) is 26.1 Å². The fraction of sp³-hybridized carbons (Fsp3) is 0.316. The van der Waals surface area contributed by atoms with Gasteiger partial charge in [0, 0.05) is 23.5 Å². The van der Waals surface area contributed by atoms with Crippen molar-refractivity contribution in [3.8, 4) is 5.69 Å². The second kappa shape index (κ2) is 8.27. The zero-order valence-electron chi connectivity index (χ0n) is 15.7. The number of nitrogens with zero attached hydrogens (tertiary/aromatic N) is 4. The van der Waals surface area contributed by atoms with Gasteiger partial charge >= 0.3 is 12.1 Å². The van der Waals surface area contributed by atoms with E-state index in [1.54, 1.807) is 0 Å². The summed E-state index contributed by atoms with van der Waals surface area (Å²) in [6, 6.07) is 4.01. The van der Waals surface area contributed by atoms with Crippen molar-refractivity contribution in [2.24, 2.45) is 0 Å². The van der Waals surface area contributed by atoms with Crippen LogP contribution in [0.4, 0.5) is 17.6 Å². The van der Waals surface area contributed by atoms with Crippen molar-refractivity contribution in [1.82, 2.24) is 19.6 Å². The third-order valence-electron chi connectivity index (χ3n) is 4.84. The van der Waals surface area contributed by atoms with Crippen molar-refractivity contribution in [1.29, 1.82) is 0 Å². The summed E-state index contributed by atoms with van der Waals surface area (Å²) in [5, 5.41) is 7.85. The smallest absolute Gasteiger partial charge is 0.427 e. The van der Waals surface area contributed by atoms with Crippen LogP contribution in [-0.2, 0) is 24.1 Å². The predicted octanol–water partition coefficient (Wildman–Crippen LogP) is 4.90. The molecular formula is C19H14BrClF4N4O2. The summed E-state index contributed by atoms with van der Waals surface area (Å²) in [4.78, 5) is 12.7. The lowest BCUT2D eigenvalue weighted by atomic mass is 10.2. The predicted molar refractivity (Wildman–Crippen MR) is 106 cm³/mol. The van der Waals surface area contributed by atoms with Crippen LogP contribution in [-0.4, -0.2) is 37.8 Å². The van der Waals surface area contributed by atoms with Crippen LogP contribution in [0.2, 0.25) is 5.02 Å². The normalized spacial score (nSPS) is 14.5. The third kappa shape index (κ3) is 4.47. The van der Waals surface area contributed by atoms with Gasteiger partial charge in [-0.2, -0.15) is 23.4 Å². The van der Waals surface area contributed by atoms with E-state index >= 15 is 0 Å². The maximum atomic E-state index is 13.9. The molecule has 1 atom stereocenters. The average molecular weight is 522 g/mol. The molecular weight excluding hydrogens is 508 g/mol. The van der Waals surface area contributed by atoms with Crippen molar-refractivity contribution in [2.45, 2.75) is 38.1 Å². The first-order valence-corrected chi connectivity index (χ1v) is 10.3. The lowest BCUT2D eigenvalue weighted by Crippen LogP contribution is -2.38. The first-order valence-electron chi connectivity index (χ1n) is 9.15. The van der Waals surface area contributed by atoms with Gasteiger partial charge in [0.05, 0.1) is 27.9 Å². The molecule has 0 fully saturated rings. The molecule has 0 bridgehead atoms. The largest absolute Gasteiger partial charge is 0.446 e. The Balaban J connectivity index is 1.64. The van der Waals surface area contributed by atoms with Crippen LogP contribution in [0.25, 0.3) is 5.69 Å². The summed E-state index contributed by atoms with van der Waals surface area (Å²) in [5.74, 6) is -1.87. The Morgan fingerprint density at radius 1 is 1.32 bits per heavy atom. The first-order chi connectivity index (χ1) is 14.6. The fourth-order valence-corrected chi connectivity index (χ4v) is 3.88. The van der Waals surface area contributed by atoms with Gasteiger partial charge in [-0.15, -0.1) is 0 Å². The molecule has 0 amide bonds. The van der Waals surface area contributed by atoms with E-state index in [0.29, 0.717) is 40.7 Å². The molecule has 31 heavy (non-hydrogen) atoms. The Bertz CT molecular complexity index is 1140. The molecule has 2 heterocycles. The number of carbonyl (C=O) groups excluding carboxylic acids is 1. The van der Waals surface area contributed by atoms with Crippen LogP contribution in [0.5, 0.6) is 0 Å². The van der Waals surface area contributed by atoms with E-state index in [1.807, 2.05) is 0 Å². The second-order valence-electron chi connectivity index (χ2n) is 6.95. The summed E-state index contributed by atoms with van der Waals surface area (Å²) < 4.78 is 62.1. The number of fused-ring (bicyclic) bond motifs is 1. The minimum atomic E-state index is -4.81. The number of aromatic nitrogens is 4. The van der Waals surface area contributed by atoms with Crippen LogP contribution in [0, 0.1) is 5.82 Å². The molecule has 0 saturated carbocycles. The van der Waals surface area contributed by atoms with Gasteiger partial charge in [0.15, 0.2) is 5.69 Å². The first kappa shape index (κ1) is 21.8. The Hall–Kier alpha value is -2.40. The summed E-state index contributed by atoms with van der Waals surface area (Å²) in [5.41, 5.74) is 1.24.